The second-order valence-corrected chi connectivity index (χ2v) is 10.2. The van der Waals surface area contributed by atoms with Gasteiger partial charge >= 0.3 is 0 Å². The molecule has 6 nitrogen and oxygen atoms in total. The molecule has 28 heavy (non-hydrogen) atoms. The van der Waals surface area contributed by atoms with Crippen molar-refractivity contribution in [3.8, 4) is 0 Å². The second-order valence-electron chi connectivity index (χ2n) is 8.23. The molecule has 2 fully saturated rings. The van der Waals surface area contributed by atoms with Gasteiger partial charge in [0.05, 0.1) is 31.1 Å². The number of hydrogen-bond acceptors (Lipinski definition) is 3. The maximum Gasteiger partial charge on any atom is 0.275 e. The number of sulfonamides is 1. The highest BCUT2D eigenvalue weighted by molar-refractivity contribution is 7.89. The molecule has 0 aromatic heterocycles. The molecule has 2 aliphatic rings. The van der Waals surface area contributed by atoms with Gasteiger partial charge in [0.2, 0.25) is 10.0 Å². The van der Waals surface area contributed by atoms with Gasteiger partial charge in [0.15, 0.2) is 6.54 Å². The number of nitrogens with zero attached hydrogens (tertiary/aromatic N) is 1. The summed E-state index contributed by atoms with van der Waals surface area (Å²) in [7, 11) is -3.61. The van der Waals surface area contributed by atoms with Crippen molar-refractivity contribution in [2.45, 2.75) is 44.0 Å². The van der Waals surface area contributed by atoms with Crippen LogP contribution >= 0.6 is 0 Å². The third-order valence-corrected chi connectivity index (χ3v) is 8.26. The van der Waals surface area contributed by atoms with Gasteiger partial charge in [0, 0.05) is 6.04 Å². The summed E-state index contributed by atoms with van der Waals surface area (Å²) in [5.41, 5.74) is 0. The lowest BCUT2D eigenvalue weighted by molar-refractivity contribution is -0.895. The maximum absolute atomic E-state index is 13.1. The van der Waals surface area contributed by atoms with Crippen LogP contribution in [0.4, 0.5) is 4.39 Å². The molecule has 156 valence electrons. The average Bonchev–Trinajstić information content (AvgIpc) is 2.66. The third-order valence-electron chi connectivity index (χ3n) is 6.34. The van der Waals surface area contributed by atoms with Crippen molar-refractivity contribution in [3.63, 3.8) is 0 Å². The van der Waals surface area contributed by atoms with Crippen LogP contribution < -0.4 is 10.2 Å². The number of piperazine rings is 1. The van der Waals surface area contributed by atoms with Crippen molar-refractivity contribution in [2.75, 3.05) is 32.7 Å². The van der Waals surface area contributed by atoms with E-state index in [1.54, 1.807) is 0 Å². The van der Waals surface area contributed by atoms with Crippen LogP contribution in [0.25, 0.3) is 0 Å². The van der Waals surface area contributed by atoms with E-state index in [-0.39, 0.29) is 16.8 Å². The van der Waals surface area contributed by atoms with E-state index >= 15 is 0 Å². The number of carbonyl (C=O) groups excluding carboxylic acids is 1. The maximum atomic E-state index is 13.1. The number of halogens is 1. The second kappa shape index (κ2) is 8.88. The van der Waals surface area contributed by atoms with Gasteiger partial charge < -0.3 is 10.2 Å². The first kappa shape index (κ1) is 21.2. The zero-order valence-corrected chi connectivity index (χ0v) is 17.5. The molecule has 0 spiro atoms. The fourth-order valence-corrected chi connectivity index (χ4v) is 5.69. The Hall–Kier alpha value is -1.51. The van der Waals surface area contributed by atoms with Gasteiger partial charge in [-0.25, -0.2) is 12.8 Å². The van der Waals surface area contributed by atoms with Gasteiger partial charge in [0.1, 0.15) is 5.82 Å². The van der Waals surface area contributed by atoms with Crippen LogP contribution in [-0.2, 0) is 14.8 Å². The standard InChI is InChI=1S/C20H30FN3O3S/c1-15-4-3-5-19(16(15)2)22-20(25)14-23-10-12-24(13-11-23)28(26,27)18-8-6-17(21)7-9-18/h6-9,15-16,19H,3-5,10-14H2,1-2H3,(H,22,25)/p+1/t15-,16-,19-/m1/s1. The lowest BCUT2D eigenvalue weighted by Gasteiger charge is -2.35. The Labute approximate surface area is 167 Å². The van der Waals surface area contributed by atoms with E-state index in [1.807, 2.05) is 0 Å². The van der Waals surface area contributed by atoms with Crippen LogP contribution in [0.15, 0.2) is 29.2 Å². The number of quaternary nitrogens is 1. The number of carbonyl (C=O) groups is 1. The molecule has 2 N–H and O–H groups in total. The molecule has 1 saturated carbocycles. The first-order valence-corrected chi connectivity index (χ1v) is 11.6. The minimum Gasteiger partial charge on any atom is -0.348 e. The number of benzene rings is 1. The molecule has 1 aliphatic carbocycles. The quantitative estimate of drug-likeness (QED) is 0.746. The van der Waals surface area contributed by atoms with Crippen LogP contribution in [0.5, 0.6) is 0 Å². The molecule has 1 amide bonds. The first-order chi connectivity index (χ1) is 13.3. The molecule has 0 bridgehead atoms. The van der Waals surface area contributed by atoms with Crippen molar-refractivity contribution in [2.24, 2.45) is 11.8 Å². The topological polar surface area (TPSA) is 70.9 Å². The van der Waals surface area contributed by atoms with Gasteiger partial charge in [-0.05, 0) is 42.5 Å². The van der Waals surface area contributed by atoms with Crippen LogP contribution in [0, 0.1) is 17.7 Å². The smallest absolute Gasteiger partial charge is 0.275 e. The summed E-state index contributed by atoms with van der Waals surface area (Å²) in [5, 5.41) is 3.19. The minimum atomic E-state index is -3.61. The molecule has 0 unspecified atom stereocenters. The molecule has 3 rings (SSSR count). The van der Waals surface area contributed by atoms with Crippen LogP contribution in [-0.4, -0.2) is 57.4 Å². The van der Waals surface area contributed by atoms with E-state index in [9.17, 15) is 17.6 Å². The van der Waals surface area contributed by atoms with E-state index in [4.69, 9.17) is 0 Å². The van der Waals surface area contributed by atoms with E-state index < -0.39 is 15.8 Å². The molecular formula is C20H31FN3O3S+. The molecule has 0 radical (unpaired) electrons. The highest BCUT2D eigenvalue weighted by Gasteiger charge is 2.32. The molecular weight excluding hydrogens is 381 g/mol. The Morgan fingerprint density at radius 2 is 1.82 bits per heavy atom. The van der Waals surface area contributed by atoms with E-state index in [0.717, 1.165) is 29.9 Å². The molecule has 8 heteroatoms. The summed E-state index contributed by atoms with van der Waals surface area (Å²) >= 11 is 0. The lowest BCUT2D eigenvalue weighted by Crippen LogP contribution is -3.15. The molecule has 1 heterocycles. The first-order valence-electron chi connectivity index (χ1n) is 10.2. The Bertz CT molecular complexity index is 776. The molecule has 1 aliphatic heterocycles. The zero-order valence-electron chi connectivity index (χ0n) is 16.7. The molecule has 1 aromatic carbocycles. The number of amides is 1. The van der Waals surface area contributed by atoms with Crippen molar-refractivity contribution in [1.82, 2.24) is 9.62 Å². The molecule has 1 saturated heterocycles. The zero-order chi connectivity index (χ0) is 20.3. The minimum absolute atomic E-state index is 0.0517. The van der Waals surface area contributed by atoms with Gasteiger partial charge in [-0.3, -0.25) is 4.79 Å². The molecule has 1 aromatic rings. The van der Waals surface area contributed by atoms with Crippen LogP contribution in [0.3, 0.4) is 0 Å². The summed E-state index contributed by atoms with van der Waals surface area (Å²) in [6, 6.07) is 5.15. The van der Waals surface area contributed by atoms with E-state index in [0.29, 0.717) is 44.6 Å². The molecule has 3 atom stereocenters. The third kappa shape index (κ3) is 4.90. The number of nitrogens with one attached hydrogen (secondary N) is 2. The fourth-order valence-electron chi connectivity index (χ4n) is 4.25. The Kier molecular flexibility index (Phi) is 6.73. The normalized spacial score (nSPS) is 27.5. The summed E-state index contributed by atoms with van der Waals surface area (Å²) in [6.07, 6.45) is 3.42. The van der Waals surface area contributed by atoms with Crippen molar-refractivity contribution < 1.29 is 22.5 Å². The lowest BCUT2D eigenvalue weighted by atomic mass is 9.78. The monoisotopic (exact) mass is 412 g/mol. The Morgan fingerprint density at radius 1 is 1.18 bits per heavy atom. The highest BCUT2D eigenvalue weighted by Crippen LogP contribution is 2.29. The van der Waals surface area contributed by atoms with Gasteiger partial charge in [0.25, 0.3) is 5.91 Å². The van der Waals surface area contributed by atoms with Crippen molar-refractivity contribution in [1.29, 1.82) is 0 Å². The average molecular weight is 413 g/mol. The van der Waals surface area contributed by atoms with E-state index in [2.05, 4.69) is 19.2 Å². The van der Waals surface area contributed by atoms with Crippen molar-refractivity contribution in [3.05, 3.63) is 30.1 Å². The number of hydrogen-bond donors (Lipinski definition) is 2. The van der Waals surface area contributed by atoms with E-state index in [1.165, 1.54) is 22.9 Å². The summed E-state index contributed by atoms with van der Waals surface area (Å²) < 4.78 is 39.8. The highest BCUT2D eigenvalue weighted by atomic mass is 32.2. The Balaban J connectivity index is 1.50. The van der Waals surface area contributed by atoms with Crippen LogP contribution in [0.1, 0.15) is 33.1 Å². The predicted molar refractivity (Wildman–Crippen MR) is 105 cm³/mol. The SMILES string of the molecule is C[C@@H]1[C@H](C)CCC[C@H]1NC(=O)C[NH+]1CCN(S(=O)(=O)c2ccc(F)cc2)CC1. The van der Waals surface area contributed by atoms with Gasteiger partial charge in [-0.1, -0.05) is 26.7 Å². The fraction of sp³-hybridized carbons (Fsp3) is 0.650. The summed E-state index contributed by atoms with van der Waals surface area (Å²) in [6.45, 7) is 6.73. The summed E-state index contributed by atoms with van der Waals surface area (Å²) in [4.78, 5) is 13.7. The van der Waals surface area contributed by atoms with Gasteiger partial charge in [-0.15, -0.1) is 0 Å². The summed E-state index contributed by atoms with van der Waals surface area (Å²) in [5.74, 6) is 0.716. The predicted octanol–water partition coefficient (Wildman–Crippen LogP) is 0.656. The number of rotatable bonds is 5. The largest absolute Gasteiger partial charge is 0.348 e. The Morgan fingerprint density at radius 3 is 2.46 bits per heavy atom. The van der Waals surface area contributed by atoms with Gasteiger partial charge in [-0.2, -0.15) is 4.31 Å². The van der Waals surface area contributed by atoms with Crippen LogP contribution in [0.2, 0.25) is 0 Å². The van der Waals surface area contributed by atoms with Crippen molar-refractivity contribution >= 4 is 15.9 Å².